The molecule has 6 rings (SSSR count). The molecule has 0 unspecified atom stereocenters. The second-order valence-electron chi connectivity index (χ2n) is 11.5. The second-order valence-corrected chi connectivity index (χ2v) is 11.9. The third-order valence-electron chi connectivity index (χ3n) is 8.58. The van der Waals surface area contributed by atoms with Gasteiger partial charge in [0, 0.05) is 49.0 Å². The molecular formula is C32H35ClN6O5. The van der Waals surface area contributed by atoms with Gasteiger partial charge in [-0.3, -0.25) is 4.79 Å². The smallest absolute Gasteiger partial charge is 0.341 e. The molecule has 2 saturated heterocycles. The molecule has 0 aliphatic carbocycles. The van der Waals surface area contributed by atoms with Crippen molar-refractivity contribution in [3.8, 4) is 17.4 Å². The van der Waals surface area contributed by atoms with Crippen molar-refractivity contribution < 1.29 is 19.4 Å². The Morgan fingerprint density at radius 1 is 1.18 bits per heavy atom. The van der Waals surface area contributed by atoms with Gasteiger partial charge in [0.05, 0.1) is 30.6 Å². The van der Waals surface area contributed by atoms with E-state index in [1.54, 1.807) is 29.0 Å². The van der Waals surface area contributed by atoms with Gasteiger partial charge in [-0.05, 0) is 69.8 Å². The number of aromatic carboxylic acids is 1. The number of hydrogen-bond donors (Lipinski definition) is 1. The molecule has 2 aliphatic heterocycles. The number of methoxy groups -OCH3 is 1. The second kappa shape index (κ2) is 12.0. The highest BCUT2D eigenvalue weighted by molar-refractivity contribution is 6.31. The number of carboxylic acids is 1. The Balaban J connectivity index is 1.35. The third kappa shape index (κ3) is 5.53. The Hall–Kier alpha value is -4.35. The summed E-state index contributed by atoms with van der Waals surface area (Å²) in [5.41, 5.74) is 2.29. The van der Waals surface area contributed by atoms with E-state index in [-0.39, 0.29) is 11.6 Å². The van der Waals surface area contributed by atoms with Gasteiger partial charge in [0.15, 0.2) is 0 Å². The molecule has 11 nitrogen and oxygen atoms in total. The van der Waals surface area contributed by atoms with E-state index in [0.29, 0.717) is 46.0 Å². The summed E-state index contributed by atoms with van der Waals surface area (Å²) in [6.07, 6.45) is 4.99. The fourth-order valence-electron chi connectivity index (χ4n) is 5.94. The minimum atomic E-state index is -1.27. The van der Waals surface area contributed by atoms with Gasteiger partial charge in [0.25, 0.3) is 0 Å². The maximum absolute atomic E-state index is 13.3. The van der Waals surface area contributed by atoms with Crippen molar-refractivity contribution in [1.82, 2.24) is 19.4 Å². The van der Waals surface area contributed by atoms with Crippen LogP contribution in [0.5, 0.6) is 11.8 Å². The topological polar surface area (TPSA) is 113 Å². The summed E-state index contributed by atoms with van der Waals surface area (Å²) in [6, 6.07) is 11.5. The average molecular weight is 619 g/mol. The van der Waals surface area contributed by atoms with Crippen molar-refractivity contribution in [1.29, 1.82) is 0 Å². The maximum atomic E-state index is 13.3. The number of nitrogens with zero attached hydrogens (tertiary/aromatic N) is 6. The van der Waals surface area contributed by atoms with Gasteiger partial charge >= 0.3 is 5.97 Å². The third-order valence-corrected chi connectivity index (χ3v) is 8.86. The van der Waals surface area contributed by atoms with Gasteiger partial charge in [0.2, 0.25) is 17.2 Å². The molecule has 44 heavy (non-hydrogen) atoms. The molecule has 0 spiro atoms. The van der Waals surface area contributed by atoms with Crippen LogP contribution in [-0.4, -0.2) is 90.0 Å². The van der Waals surface area contributed by atoms with Crippen molar-refractivity contribution in [2.75, 3.05) is 57.2 Å². The Morgan fingerprint density at radius 2 is 1.98 bits per heavy atom. The lowest BCUT2D eigenvalue weighted by Gasteiger charge is -2.43. The monoisotopic (exact) mass is 618 g/mol. The van der Waals surface area contributed by atoms with Crippen molar-refractivity contribution in [2.45, 2.75) is 31.8 Å². The number of anilines is 2. The number of carbonyl (C=O) groups is 1. The fourth-order valence-corrected chi connectivity index (χ4v) is 6.10. The zero-order chi connectivity index (χ0) is 31.1. The molecule has 1 N–H and O–H groups in total. The van der Waals surface area contributed by atoms with Crippen molar-refractivity contribution >= 4 is 40.0 Å². The number of ether oxygens (including phenoxy) is 2. The number of rotatable bonds is 9. The van der Waals surface area contributed by atoms with E-state index in [1.165, 1.54) is 13.3 Å². The Kier molecular flexibility index (Phi) is 8.08. The van der Waals surface area contributed by atoms with Crippen LogP contribution in [0.2, 0.25) is 5.02 Å². The molecule has 3 aromatic heterocycles. The lowest BCUT2D eigenvalue weighted by molar-refractivity contribution is 0.0695. The molecule has 230 valence electrons. The van der Waals surface area contributed by atoms with Gasteiger partial charge in [-0.1, -0.05) is 11.6 Å². The van der Waals surface area contributed by atoms with E-state index in [1.807, 2.05) is 25.1 Å². The van der Waals surface area contributed by atoms with Crippen LogP contribution in [0.3, 0.4) is 0 Å². The summed E-state index contributed by atoms with van der Waals surface area (Å²) >= 11 is 6.32. The highest BCUT2D eigenvalue weighted by Crippen LogP contribution is 2.34. The van der Waals surface area contributed by atoms with Crippen LogP contribution in [0.1, 0.15) is 28.8 Å². The molecule has 0 saturated carbocycles. The van der Waals surface area contributed by atoms with Crippen LogP contribution in [0.25, 0.3) is 16.6 Å². The molecule has 0 bridgehead atoms. The van der Waals surface area contributed by atoms with E-state index in [2.05, 4.69) is 38.8 Å². The number of likely N-dealkylation sites (N-methyl/N-ethyl adjacent to an activating group) is 1. The predicted molar refractivity (Wildman–Crippen MR) is 170 cm³/mol. The first kappa shape index (κ1) is 29.7. The molecule has 4 aromatic rings. The fraction of sp³-hybridized carbons (Fsp3) is 0.375. The SMILES string of the molecule is COc1ccc(Cl)c(OC[C@H]2CCCN2c2cc3c(cc2C)c(=O)c(C(=O)O)cn3-c2ccc(N3CC(N(C)C)C3)nc2)n1. The Labute approximate surface area is 260 Å². The number of benzene rings is 1. The number of fused-ring (bicyclic) bond motifs is 1. The summed E-state index contributed by atoms with van der Waals surface area (Å²) in [5, 5.41) is 10.6. The van der Waals surface area contributed by atoms with E-state index in [4.69, 9.17) is 21.1 Å². The highest BCUT2D eigenvalue weighted by Gasteiger charge is 2.30. The van der Waals surface area contributed by atoms with E-state index < -0.39 is 11.4 Å². The van der Waals surface area contributed by atoms with Gasteiger partial charge in [-0.2, -0.15) is 4.98 Å². The van der Waals surface area contributed by atoms with Gasteiger partial charge in [-0.25, -0.2) is 9.78 Å². The van der Waals surface area contributed by atoms with Crippen molar-refractivity contribution in [3.63, 3.8) is 0 Å². The zero-order valence-electron chi connectivity index (χ0n) is 25.2. The molecular weight excluding hydrogens is 584 g/mol. The summed E-state index contributed by atoms with van der Waals surface area (Å²) in [7, 11) is 5.68. The summed E-state index contributed by atoms with van der Waals surface area (Å²) in [6.45, 7) is 4.89. The average Bonchev–Trinajstić information content (AvgIpc) is 3.44. The molecule has 12 heteroatoms. The van der Waals surface area contributed by atoms with E-state index in [0.717, 1.165) is 49.5 Å². The quantitative estimate of drug-likeness (QED) is 0.292. The van der Waals surface area contributed by atoms with E-state index >= 15 is 0 Å². The molecule has 5 heterocycles. The normalized spacial score (nSPS) is 16.9. The molecule has 2 fully saturated rings. The number of aromatic nitrogens is 3. The van der Waals surface area contributed by atoms with Crippen LogP contribution < -0.4 is 24.7 Å². The van der Waals surface area contributed by atoms with Crippen LogP contribution in [-0.2, 0) is 0 Å². The largest absolute Gasteiger partial charge is 0.481 e. The van der Waals surface area contributed by atoms with E-state index in [9.17, 15) is 14.7 Å². The number of hydrogen-bond acceptors (Lipinski definition) is 9. The standard InChI is InChI=1S/C32H35ClN6O5/c1-19-12-23-27(13-26(19)38-11-5-6-21(38)18-44-31-25(33)8-10-29(35-31)43-4)39(17-24(30(23)40)32(41)42)20-7-9-28(34-14-20)37-15-22(16-37)36(2)3/h7-10,12-14,17,21-22H,5-6,11,15-16,18H2,1-4H3,(H,41,42)/t21-/m1/s1. The van der Waals surface area contributed by atoms with Crippen LogP contribution in [0.15, 0.2) is 53.6 Å². The lowest BCUT2D eigenvalue weighted by atomic mass is 10.0. The van der Waals surface area contributed by atoms with Crippen LogP contribution in [0.4, 0.5) is 11.5 Å². The van der Waals surface area contributed by atoms with Crippen molar-refractivity contribution in [2.24, 2.45) is 0 Å². The summed E-state index contributed by atoms with van der Waals surface area (Å²) in [4.78, 5) is 41.1. The minimum absolute atomic E-state index is 0.0390. The Bertz CT molecular complexity index is 1770. The molecule has 2 aliphatic rings. The van der Waals surface area contributed by atoms with Crippen molar-refractivity contribution in [3.05, 3.63) is 75.2 Å². The van der Waals surface area contributed by atoms with Crippen LogP contribution >= 0.6 is 11.6 Å². The number of aryl methyl sites for hydroxylation is 1. The molecule has 0 radical (unpaired) electrons. The van der Waals surface area contributed by atoms with Crippen LogP contribution in [0, 0.1) is 6.92 Å². The van der Waals surface area contributed by atoms with Gasteiger partial charge in [0.1, 0.15) is 23.0 Å². The Morgan fingerprint density at radius 3 is 2.66 bits per heavy atom. The number of carboxylic acid groups (broad SMARTS) is 1. The number of pyridine rings is 3. The molecule has 1 aromatic carbocycles. The molecule has 0 amide bonds. The number of halogens is 1. The first-order valence-corrected chi connectivity index (χ1v) is 14.9. The zero-order valence-corrected chi connectivity index (χ0v) is 25.9. The minimum Gasteiger partial charge on any atom is -0.481 e. The summed E-state index contributed by atoms with van der Waals surface area (Å²) in [5.74, 6) is 0.322. The predicted octanol–water partition coefficient (Wildman–Crippen LogP) is 4.25. The summed E-state index contributed by atoms with van der Waals surface area (Å²) < 4.78 is 13.0. The van der Waals surface area contributed by atoms with Gasteiger partial charge in [-0.15, -0.1) is 0 Å². The first-order chi connectivity index (χ1) is 21.1. The lowest BCUT2D eigenvalue weighted by Crippen LogP contribution is -2.57. The first-order valence-electron chi connectivity index (χ1n) is 14.6. The maximum Gasteiger partial charge on any atom is 0.341 e. The highest BCUT2D eigenvalue weighted by atomic mass is 35.5. The molecule has 1 atom stereocenters. The van der Waals surface area contributed by atoms with Gasteiger partial charge < -0.3 is 33.8 Å².